The molecule has 3 aliphatic heterocycles. The van der Waals surface area contributed by atoms with E-state index in [1.54, 1.807) is 0 Å². The maximum absolute atomic E-state index is 11.6. The zero-order valence-electron chi connectivity index (χ0n) is 21.7. The van der Waals surface area contributed by atoms with E-state index in [9.17, 15) is 55.5 Å². The van der Waals surface area contributed by atoms with Crippen molar-refractivity contribution >= 4 is 11.8 Å². The van der Waals surface area contributed by atoms with Crippen LogP contribution in [0.1, 0.15) is 13.8 Å². The lowest BCUT2D eigenvalue weighted by Crippen LogP contribution is -2.69. The third-order valence-electron chi connectivity index (χ3n) is 6.90. The van der Waals surface area contributed by atoms with Crippen molar-refractivity contribution in [3.05, 3.63) is 0 Å². The van der Waals surface area contributed by atoms with E-state index in [4.69, 9.17) is 23.7 Å². The molecular weight excluding hydrogens is 548 g/mol. The van der Waals surface area contributed by atoms with Crippen LogP contribution in [0.4, 0.5) is 0 Å². The van der Waals surface area contributed by atoms with E-state index < -0.39 is 124 Å². The number of rotatable bonds is 9. The van der Waals surface area contributed by atoms with E-state index >= 15 is 0 Å². The minimum Gasteiger partial charge on any atom is -0.394 e. The van der Waals surface area contributed by atoms with Crippen LogP contribution >= 0.6 is 0 Å². The number of amides is 2. The number of carbonyl (C=O) groups excluding carboxylic acids is 2. The molecule has 0 aromatic carbocycles. The highest BCUT2D eigenvalue weighted by Gasteiger charge is 2.54. The predicted octanol–water partition coefficient (Wildman–Crippen LogP) is -7.29. The molecule has 11 N–H and O–H groups in total. The molecule has 0 spiro atoms. The summed E-state index contributed by atoms with van der Waals surface area (Å²) in [7, 11) is 0. The minimum atomic E-state index is -1.93. The molecule has 0 aromatic heterocycles. The van der Waals surface area contributed by atoms with Gasteiger partial charge in [0.25, 0.3) is 0 Å². The summed E-state index contributed by atoms with van der Waals surface area (Å²) in [5, 5.41) is 97.4. The first-order valence-electron chi connectivity index (χ1n) is 12.6. The number of carbonyl (C=O) groups is 2. The highest BCUT2D eigenvalue weighted by molar-refractivity contribution is 5.73. The van der Waals surface area contributed by atoms with Gasteiger partial charge in [0, 0.05) is 13.8 Å². The van der Waals surface area contributed by atoms with Gasteiger partial charge in [-0.1, -0.05) is 0 Å². The lowest BCUT2D eigenvalue weighted by molar-refractivity contribution is -0.370. The molecule has 0 saturated carbocycles. The van der Waals surface area contributed by atoms with E-state index in [0.717, 1.165) is 13.8 Å². The molecule has 0 radical (unpaired) electrons. The third kappa shape index (κ3) is 7.05. The van der Waals surface area contributed by atoms with Gasteiger partial charge in [-0.2, -0.15) is 0 Å². The van der Waals surface area contributed by atoms with Crippen LogP contribution in [-0.4, -0.2) is 170 Å². The van der Waals surface area contributed by atoms with Crippen LogP contribution in [0.2, 0.25) is 0 Å². The molecule has 3 fully saturated rings. The molecule has 0 aromatic rings. The Hall–Kier alpha value is -1.62. The van der Waals surface area contributed by atoms with Crippen LogP contribution in [0.15, 0.2) is 0 Å². The van der Waals surface area contributed by atoms with E-state index in [-0.39, 0.29) is 0 Å². The molecule has 18 heteroatoms. The molecular formula is C22H38N2O16. The standard InChI is InChI=1S/C22H38N2O16/c1-6(28)23-11-13(30)8(3-25)37-21(16(11)33)40-19-14(31)9(4-26)38-22(17(19)34)39-18-10(5-27)36-20(35)12(15(18)32)24-7(2)29/h8-22,25-27,30-35H,3-5H2,1-2H3,(H,23,28)(H,24,29)/t8-,9-,10-,11+,12-,13+,14+,15-,16-,17-,18-,19+,20+,21-,22+/m1/s1. The molecule has 0 aliphatic carbocycles. The van der Waals surface area contributed by atoms with Crippen LogP contribution in [0.25, 0.3) is 0 Å². The Morgan fingerprint density at radius 3 is 1.60 bits per heavy atom. The third-order valence-corrected chi connectivity index (χ3v) is 6.90. The van der Waals surface area contributed by atoms with Crippen molar-refractivity contribution in [2.45, 2.75) is 106 Å². The number of nitrogens with one attached hydrogen (secondary N) is 2. The maximum atomic E-state index is 11.6. The summed E-state index contributed by atoms with van der Waals surface area (Å²) < 4.78 is 27.3. The van der Waals surface area contributed by atoms with Crippen molar-refractivity contribution in [2.24, 2.45) is 0 Å². The zero-order chi connectivity index (χ0) is 29.9. The Morgan fingerprint density at radius 1 is 0.600 bits per heavy atom. The Bertz CT molecular complexity index is 854. The number of ether oxygens (including phenoxy) is 5. The van der Waals surface area contributed by atoms with Crippen LogP contribution in [0, 0.1) is 0 Å². The second-order valence-electron chi connectivity index (χ2n) is 9.81. The van der Waals surface area contributed by atoms with Gasteiger partial charge in [-0.05, 0) is 0 Å². The second kappa shape index (κ2) is 14.0. The van der Waals surface area contributed by atoms with Gasteiger partial charge < -0.3 is 80.3 Å². The average Bonchev–Trinajstić information content (AvgIpc) is 2.90. The van der Waals surface area contributed by atoms with Crippen LogP contribution < -0.4 is 10.6 Å². The lowest BCUT2D eigenvalue weighted by Gasteiger charge is -2.48. The van der Waals surface area contributed by atoms with E-state index in [0.29, 0.717) is 0 Å². The highest BCUT2D eigenvalue weighted by atomic mass is 16.7. The lowest BCUT2D eigenvalue weighted by atomic mass is 9.94. The van der Waals surface area contributed by atoms with Gasteiger partial charge in [0.1, 0.15) is 67.1 Å². The molecule has 0 bridgehead atoms. The second-order valence-corrected chi connectivity index (χ2v) is 9.81. The molecule has 15 atom stereocenters. The molecule has 3 rings (SSSR count). The van der Waals surface area contributed by atoms with Crippen LogP contribution in [-0.2, 0) is 33.3 Å². The molecule has 18 nitrogen and oxygen atoms in total. The van der Waals surface area contributed by atoms with Gasteiger partial charge >= 0.3 is 0 Å². The topological polar surface area (TPSA) is 286 Å². The number of hydrogen-bond donors (Lipinski definition) is 11. The molecule has 40 heavy (non-hydrogen) atoms. The summed E-state index contributed by atoms with van der Waals surface area (Å²) >= 11 is 0. The molecule has 3 aliphatic rings. The molecule has 0 unspecified atom stereocenters. The molecule has 232 valence electrons. The Kier molecular flexibility index (Phi) is 11.5. The first-order chi connectivity index (χ1) is 18.8. The molecule has 3 saturated heterocycles. The first-order valence-corrected chi connectivity index (χ1v) is 12.6. The van der Waals surface area contributed by atoms with Gasteiger partial charge in [0.2, 0.25) is 11.8 Å². The summed E-state index contributed by atoms with van der Waals surface area (Å²) in [4.78, 5) is 23.1. The van der Waals surface area contributed by atoms with Crippen molar-refractivity contribution in [3.8, 4) is 0 Å². The summed E-state index contributed by atoms with van der Waals surface area (Å²) in [5.74, 6) is -1.26. The normalized spacial score (nSPS) is 46.0. The smallest absolute Gasteiger partial charge is 0.217 e. The zero-order valence-corrected chi connectivity index (χ0v) is 21.7. The van der Waals surface area contributed by atoms with Gasteiger partial charge in [-0.3, -0.25) is 9.59 Å². The fourth-order valence-electron chi connectivity index (χ4n) is 4.88. The van der Waals surface area contributed by atoms with Crippen LogP contribution in [0.3, 0.4) is 0 Å². The number of aliphatic hydroxyl groups is 9. The molecule has 2 amide bonds. The van der Waals surface area contributed by atoms with Crippen molar-refractivity contribution in [2.75, 3.05) is 19.8 Å². The first kappa shape index (κ1) is 32.9. The monoisotopic (exact) mass is 586 g/mol. The van der Waals surface area contributed by atoms with E-state index in [2.05, 4.69) is 10.6 Å². The fraction of sp³-hybridized carbons (Fsp3) is 0.909. The minimum absolute atomic E-state index is 0.630. The Balaban J connectivity index is 1.83. The van der Waals surface area contributed by atoms with Crippen molar-refractivity contribution in [3.63, 3.8) is 0 Å². The van der Waals surface area contributed by atoms with Gasteiger partial charge in [-0.15, -0.1) is 0 Å². The van der Waals surface area contributed by atoms with Gasteiger partial charge in [0.05, 0.1) is 25.9 Å². The fourth-order valence-corrected chi connectivity index (χ4v) is 4.88. The SMILES string of the molecule is CC(=O)N[C@H]1[C@@H](O)[C@@H](CO)O[C@H](O[C@H]2[C@@H](O)[C@@H](CO)O[C@@H](O[C@H]3[C@H](O)[C@@H](NC(C)=O)[C@@H](O)O[C@@H]3CO)[C@@H]2O)[C@@H]1O. The summed E-state index contributed by atoms with van der Waals surface area (Å²) in [5.41, 5.74) is 0. The van der Waals surface area contributed by atoms with E-state index in [1.165, 1.54) is 0 Å². The maximum Gasteiger partial charge on any atom is 0.217 e. The van der Waals surface area contributed by atoms with Gasteiger partial charge in [-0.25, -0.2) is 0 Å². The number of hydrogen-bond acceptors (Lipinski definition) is 16. The largest absolute Gasteiger partial charge is 0.394 e. The summed E-state index contributed by atoms with van der Waals surface area (Å²) in [6, 6.07) is -2.78. The van der Waals surface area contributed by atoms with Crippen molar-refractivity contribution < 1.29 is 79.2 Å². The number of aliphatic hydroxyl groups excluding tert-OH is 9. The van der Waals surface area contributed by atoms with Crippen molar-refractivity contribution in [1.82, 2.24) is 10.6 Å². The van der Waals surface area contributed by atoms with E-state index in [1.807, 2.05) is 0 Å². The summed E-state index contributed by atoms with van der Waals surface area (Å²) in [6.07, 6.45) is -21.4. The van der Waals surface area contributed by atoms with Crippen molar-refractivity contribution in [1.29, 1.82) is 0 Å². The van der Waals surface area contributed by atoms with Crippen LogP contribution in [0.5, 0.6) is 0 Å². The van der Waals surface area contributed by atoms with Gasteiger partial charge in [0.15, 0.2) is 18.9 Å². The molecule has 3 heterocycles. The quantitative estimate of drug-likeness (QED) is 0.120. The highest BCUT2D eigenvalue weighted by Crippen LogP contribution is 2.32. The predicted molar refractivity (Wildman–Crippen MR) is 124 cm³/mol. The Morgan fingerprint density at radius 2 is 1.07 bits per heavy atom. The summed E-state index contributed by atoms with van der Waals surface area (Å²) in [6.45, 7) is -0.115. The average molecular weight is 587 g/mol. The Labute approximate surface area is 228 Å².